The van der Waals surface area contributed by atoms with E-state index in [0.29, 0.717) is 0 Å². The van der Waals surface area contributed by atoms with Crippen molar-refractivity contribution in [3.8, 4) is 0 Å². The third-order valence-corrected chi connectivity index (χ3v) is 0.656. The van der Waals surface area contributed by atoms with E-state index in [-0.39, 0.29) is 0 Å². The average molecular weight is 93.1 g/mol. The highest BCUT2D eigenvalue weighted by Crippen LogP contribution is 1.95. The van der Waals surface area contributed by atoms with Crippen LogP contribution in [0.15, 0.2) is 24.4 Å². The Morgan fingerprint density at radius 2 is 2.29 bits per heavy atom. The Morgan fingerprint density at radius 1 is 1.43 bits per heavy atom. The van der Waals surface area contributed by atoms with Crippen molar-refractivity contribution in [3.63, 3.8) is 0 Å². The van der Waals surface area contributed by atoms with E-state index in [1.54, 1.807) is 18.4 Å². The maximum absolute atomic E-state index is 6.86. The lowest BCUT2D eigenvalue weighted by molar-refractivity contribution is 0.470. The van der Waals surface area contributed by atoms with Gasteiger partial charge in [-0.15, -0.1) is 0 Å². The van der Waals surface area contributed by atoms with Crippen LogP contribution in [-0.4, -0.2) is 5.01 Å². The summed E-state index contributed by atoms with van der Waals surface area (Å²) in [4.78, 5) is 0. The fourth-order valence-electron chi connectivity index (χ4n) is 0.358. The second kappa shape index (κ2) is 1.80. The number of nitrogens with zero attached hydrogens (tertiary/aromatic N) is 1. The molecule has 0 spiro atoms. The molecule has 0 saturated heterocycles. The first-order chi connectivity index (χ1) is 3.39. The minimum Gasteiger partial charge on any atom is -0.285 e. The van der Waals surface area contributed by atoms with Crippen molar-refractivity contribution in [3.05, 3.63) is 31.0 Å². The van der Waals surface area contributed by atoms with Gasteiger partial charge in [-0.05, 0) is 6.08 Å². The molecule has 0 aromatic carbocycles. The van der Waals surface area contributed by atoms with Crippen molar-refractivity contribution in [2.24, 2.45) is 0 Å². The highest BCUT2D eigenvalue weighted by atomic mass is 15.4. The summed E-state index contributed by atoms with van der Waals surface area (Å²) in [5.74, 6) is 6.86. The monoisotopic (exact) mass is 93.0 g/mol. The average Bonchev–Trinajstić information content (AvgIpc) is 1.69. The zero-order valence-electron chi connectivity index (χ0n) is 3.76. The van der Waals surface area contributed by atoms with Crippen LogP contribution in [0.25, 0.3) is 0 Å². The summed E-state index contributed by atoms with van der Waals surface area (Å²) in [6.07, 6.45) is 6.90. The molecule has 0 atom stereocenters. The fraction of sp³-hybridized carbons (Fsp3) is 0. The molecule has 0 aliphatic carbocycles. The van der Waals surface area contributed by atoms with Gasteiger partial charge < -0.3 is 0 Å². The molecule has 0 fully saturated rings. The largest absolute Gasteiger partial charge is 0.285 e. The molecule has 3 radical (unpaired) electrons. The first-order valence-corrected chi connectivity index (χ1v) is 1.99. The summed E-state index contributed by atoms with van der Waals surface area (Å²) in [5.41, 5.74) is 0. The van der Waals surface area contributed by atoms with E-state index in [4.69, 9.17) is 5.84 Å². The van der Waals surface area contributed by atoms with Gasteiger partial charge in [-0.3, -0.25) is 5.01 Å². The SMILES string of the molecule is [NH]N1[C]C=CC=C1. The molecule has 1 N–H and O–H groups in total. The Hall–Kier alpha value is -0.760. The smallest absolute Gasteiger partial charge is 0.137 e. The van der Waals surface area contributed by atoms with Crippen LogP contribution in [0.3, 0.4) is 0 Å². The Kier molecular flexibility index (Phi) is 1.13. The van der Waals surface area contributed by atoms with Crippen LogP contribution in [0, 0.1) is 6.54 Å². The van der Waals surface area contributed by atoms with E-state index in [1.807, 2.05) is 6.08 Å². The molecule has 0 aromatic heterocycles. The maximum Gasteiger partial charge on any atom is 0.137 e. The molecule has 1 heterocycles. The molecule has 0 amide bonds. The number of rotatable bonds is 0. The minimum absolute atomic E-state index is 1.12. The quantitative estimate of drug-likeness (QED) is 0.431. The molecule has 2 nitrogen and oxygen atoms in total. The van der Waals surface area contributed by atoms with Gasteiger partial charge in [0.25, 0.3) is 0 Å². The Morgan fingerprint density at radius 3 is 2.57 bits per heavy atom. The Bertz CT molecular complexity index is 105. The van der Waals surface area contributed by atoms with Gasteiger partial charge in [0.1, 0.15) is 6.54 Å². The molecule has 0 aromatic rings. The van der Waals surface area contributed by atoms with Crippen molar-refractivity contribution in [1.82, 2.24) is 10.9 Å². The first-order valence-electron chi connectivity index (χ1n) is 1.99. The molecule has 1 aliphatic heterocycles. The van der Waals surface area contributed by atoms with Gasteiger partial charge in [0, 0.05) is 6.20 Å². The van der Waals surface area contributed by atoms with Gasteiger partial charge in [0.2, 0.25) is 0 Å². The number of hydrogen-bond acceptors (Lipinski definition) is 1. The van der Waals surface area contributed by atoms with Crippen molar-refractivity contribution < 1.29 is 0 Å². The molecule has 1 rings (SSSR count). The van der Waals surface area contributed by atoms with Crippen molar-refractivity contribution in [1.29, 1.82) is 0 Å². The summed E-state index contributed by atoms with van der Waals surface area (Å²) in [5, 5.41) is 1.12. The minimum atomic E-state index is 1.12. The molecule has 2 heteroatoms. The van der Waals surface area contributed by atoms with E-state index in [0.717, 1.165) is 5.01 Å². The summed E-state index contributed by atoms with van der Waals surface area (Å²) in [6, 6.07) is 0. The van der Waals surface area contributed by atoms with Gasteiger partial charge in [0.15, 0.2) is 0 Å². The molecule has 7 heavy (non-hydrogen) atoms. The van der Waals surface area contributed by atoms with Gasteiger partial charge in [-0.25, -0.2) is 0 Å². The van der Waals surface area contributed by atoms with Crippen LogP contribution in [0.2, 0.25) is 0 Å². The molecular weight excluding hydrogens is 88.1 g/mol. The summed E-state index contributed by atoms with van der Waals surface area (Å²) in [6.45, 7) is 2.61. The van der Waals surface area contributed by atoms with Crippen LogP contribution in [0.4, 0.5) is 0 Å². The van der Waals surface area contributed by atoms with E-state index in [9.17, 15) is 0 Å². The number of allylic oxidation sites excluding steroid dienone is 2. The lowest BCUT2D eigenvalue weighted by Crippen LogP contribution is -2.09. The van der Waals surface area contributed by atoms with E-state index < -0.39 is 0 Å². The number of hydrogen-bond donors (Lipinski definition) is 0. The molecular formula is C5H5N2. The van der Waals surface area contributed by atoms with E-state index in [1.165, 1.54) is 0 Å². The Labute approximate surface area is 42.9 Å². The molecule has 0 bridgehead atoms. The van der Waals surface area contributed by atoms with Gasteiger partial charge in [0.05, 0.1) is 0 Å². The number of nitrogens with one attached hydrogen (secondary N) is 1. The van der Waals surface area contributed by atoms with Crippen molar-refractivity contribution in [2.75, 3.05) is 0 Å². The standard InChI is InChI=1S/C5H5N2/c6-7-4-2-1-3-5-7/h1-4,6H. The van der Waals surface area contributed by atoms with Crippen LogP contribution < -0.4 is 5.84 Å². The normalized spacial score (nSPS) is 18.1. The molecule has 1 aliphatic rings. The zero-order valence-corrected chi connectivity index (χ0v) is 3.76. The fourth-order valence-corrected chi connectivity index (χ4v) is 0.358. The van der Waals surface area contributed by atoms with E-state index >= 15 is 0 Å². The van der Waals surface area contributed by atoms with Crippen LogP contribution in [0.5, 0.6) is 0 Å². The second-order valence-corrected chi connectivity index (χ2v) is 1.20. The molecule has 0 saturated carbocycles. The maximum atomic E-state index is 6.86. The van der Waals surface area contributed by atoms with Gasteiger partial charge >= 0.3 is 0 Å². The molecule has 0 unspecified atom stereocenters. The van der Waals surface area contributed by atoms with Gasteiger partial charge in [-0.1, -0.05) is 12.2 Å². The lowest BCUT2D eigenvalue weighted by Gasteiger charge is -2.07. The molecule has 35 valence electrons. The highest BCUT2D eigenvalue weighted by Gasteiger charge is 1.90. The predicted octanol–water partition coefficient (Wildman–Crippen LogP) is 0.609. The van der Waals surface area contributed by atoms with Crippen LogP contribution in [0.1, 0.15) is 0 Å². The van der Waals surface area contributed by atoms with Crippen LogP contribution >= 0.6 is 0 Å². The van der Waals surface area contributed by atoms with Gasteiger partial charge in [-0.2, -0.15) is 5.84 Å². The first kappa shape index (κ1) is 4.40. The van der Waals surface area contributed by atoms with Crippen molar-refractivity contribution in [2.45, 2.75) is 0 Å². The summed E-state index contributed by atoms with van der Waals surface area (Å²) < 4.78 is 0. The van der Waals surface area contributed by atoms with Crippen molar-refractivity contribution >= 4 is 0 Å². The lowest BCUT2D eigenvalue weighted by atomic mass is 10.4. The topological polar surface area (TPSA) is 27.0 Å². The van der Waals surface area contributed by atoms with Crippen LogP contribution in [-0.2, 0) is 0 Å². The third kappa shape index (κ3) is 1.05. The summed E-state index contributed by atoms with van der Waals surface area (Å²) in [7, 11) is 0. The highest BCUT2D eigenvalue weighted by molar-refractivity contribution is 5.12. The second-order valence-electron chi connectivity index (χ2n) is 1.20. The zero-order chi connectivity index (χ0) is 5.11. The van der Waals surface area contributed by atoms with E-state index in [2.05, 4.69) is 6.54 Å². The summed E-state index contributed by atoms with van der Waals surface area (Å²) >= 11 is 0. The third-order valence-electron chi connectivity index (χ3n) is 0.656. The predicted molar refractivity (Wildman–Crippen MR) is 26.5 cm³/mol. The Balaban J connectivity index is 2.49.